The van der Waals surface area contributed by atoms with E-state index in [2.05, 4.69) is 9.36 Å². The number of para-hydroxylation sites is 1. The van der Waals surface area contributed by atoms with Crippen LogP contribution in [0.25, 0.3) is 0 Å². The zero-order chi connectivity index (χ0) is 12.8. The van der Waals surface area contributed by atoms with E-state index in [9.17, 15) is 0 Å². The number of nitrogens with zero attached hydrogens (tertiary/aromatic N) is 2. The highest BCUT2D eigenvalue weighted by Crippen LogP contribution is 2.28. The summed E-state index contributed by atoms with van der Waals surface area (Å²) in [6.45, 7) is 2.62. The van der Waals surface area contributed by atoms with Crippen LogP contribution >= 0.6 is 23.3 Å². The van der Waals surface area contributed by atoms with Crippen molar-refractivity contribution in [3.63, 3.8) is 0 Å². The molecule has 0 saturated carbocycles. The molecular formula is C12H15N3OS2. The number of hydrogen-bond donors (Lipinski definition) is 1. The first-order valence-electron chi connectivity index (χ1n) is 5.68. The lowest BCUT2D eigenvalue weighted by atomic mass is 10.1. The van der Waals surface area contributed by atoms with Gasteiger partial charge in [0.2, 0.25) is 0 Å². The Hall–Kier alpha value is -1.11. The number of nitrogens with two attached hydrogens (primary N) is 1. The lowest BCUT2D eigenvalue weighted by Gasteiger charge is -2.15. The first-order valence-corrected chi connectivity index (χ1v) is 7.44. The van der Waals surface area contributed by atoms with Crippen molar-refractivity contribution in [2.24, 2.45) is 5.73 Å². The Balaban J connectivity index is 2.01. The summed E-state index contributed by atoms with van der Waals surface area (Å²) in [5.41, 5.74) is 7.24. The minimum atomic E-state index is -0.0679. The van der Waals surface area contributed by atoms with Crippen LogP contribution in [-0.4, -0.2) is 21.7 Å². The number of hydrogen-bond acceptors (Lipinski definition) is 6. The molecule has 4 nitrogen and oxygen atoms in total. The second-order valence-corrected chi connectivity index (χ2v) is 5.64. The molecule has 96 valence electrons. The lowest BCUT2D eigenvalue weighted by molar-refractivity contribution is 0.335. The summed E-state index contributed by atoms with van der Waals surface area (Å²) in [6.07, 6.45) is 1.56. The van der Waals surface area contributed by atoms with Crippen molar-refractivity contribution in [1.29, 1.82) is 0 Å². The molecule has 0 bridgehead atoms. The first-order chi connectivity index (χ1) is 8.81. The quantitative estimate of drug-likeness (QED) is 0.825. The molecule has 0 fully saturated rings. The third kappa shape index (κ3) is 3.44. The van der Waals surface area contributed by atoms with Crippen molar-refractivity contribution in [2.75, 3.05) is 12.4 Å². The van der Waals surface area contributed by atoms with E-state index in [1.165, 1.54) is 11.5 Å². The molecule has 0 radical (unpaired) electrons. The number of thioether (sulfide) groups is 1. The summed E-state index contributed by atoms with van der Waals surface area (Å²) in [5, 5.41) is 0. The Labute approximate surface area is 115 Å². The SMILES string of the molecule is CCOc1ccccc1C(N)CSc1ncns1. The summed E-state index contributed by atoms with van der Waals surface area (Å²) in [6, 6.07) is 7.83. The van der Waals surface area contributed by atoms with Gasteiger partial charge in [0.05, 0.1) is 6.61 Å². The topological polar surface area (TPSA) is 61.0 Å². The van der Waals surface area contributed by atoms with Crippen LogP contribution in [0.3, 0.4) is 0 Å². The standard InChI is InChI=1S/C12H15N3OS2/c1-2-16-11-6-4-3-5-9(11)10(13)7-17-12-14-8-15-18-12/h3-6,8,10H,2,7,13H2,1H3. The van der Waals surface area contributed by atoms with Gasteiger partial charge in [-0.05, 0) is 24.5 Å². The second-order valence-electron chi connectivity index (χ2n) is 3.60. The average Bonchev–Trinajstić information content (AvgIpc) is 2.90. The largest absolute Gasteiger partial charge is 0.494 e. The molecule has 1 aromatic carbocycles. The van der Waals surface area contributed by atoms with Crippen LogP contribution in [0.5, 0.6) is 5.75 Å². The molecule has 0 spiro atoms. The minimum absolute atomic E-state index is 0.0679. The summed E-state index contributed by atoms with van der Waals surface area (Å²) in [4.78, 5) is 4.12. The normalized spacial score (nSPS) is 12.3. The van der Waals surface area contributed by atoms with Crippen molar-refractivity contribution in [3.8, 4) is 5.75 Å². The molecule has 0 aliphatic heterocycles. The summed E-state index contributed by atoms with van der Waals surface area (Å²) in [7, 11) is 0. The van der Waals surface area contributed by atoms with Gasteiger partial charge in [-0.3, -0.25) is 0 Å². The molecular weight excluding hydrogens is 266 g/mol. The molecule has 0 aliphatic carbocycles. The molecule has 2 rings (SSSR count). The van der Waals surface area contributed by atoms with Gasteiger partial charge in [-0.15, -0.1) is 0 Å². The van der Waals surface area contributed by atoms with Crippen LogP contribution in [-0.2, 0) is 0 Å². The zero-order valence-corrected chi connectivity index (χ0v) is 11.7. The van der Waals surface area contributed by atoms with Crippen LogP contribution in [0.4, 0.5) is 0 Å². The van der Waals surface area contributed by atoms with Crippen molar-refractivity contribution in [3.05, 3.63) is 36.2 Å². The zero-order valence-electron chi connectivity index (χ0n) is 10.1. The molecule has 2 N–H and O–H groups in total. The van der Waals surface area contributed by atoms with Gasteiger partial charge >= 0.3 is 0 Å². The van der Waals surface area contributed by atoms with E-state index in [1.54, 1.807) is 18.1 Å². The maximum absolute atomic E-state index is 6.20. The van der Waals surface area contributed by atoms with Gasteiger partial charge < -0.3 is 10.5 Å². The van der Waals surface area contributed by atoms with Gasteiger partial charge in [0.25, 0.3) is 0 Å². The molecule has 18 heavy (non-hydrogen) atoms. The van der Waals surface area contributed by atoms with Crippen LogP contribution in [0.1, 0.15) is 18.5 Å². The first kappa shape index (κ1) is 13.3. The fraction of sp³-hybridized carbons (Fsp3) is 0.333. The lowest BCUT2D eigenvalue weighted by Crippen LogP contribution is -2.14. The second kappa shape index (κ2) is 6.72. The fourth-order valence-electron chi connectivity index (χ4n) is 1.55. The Morgan fingerprint density at radius 3 is 3.00 bits per heavy atom. The van der Waals surface area contributed by atoms with E-state index in [1.807, 2.05) is 31.2 Å². The monoisotopic (exact) mass is 281 g/mol. The fourth-order valence-corrected chi connectivity index (χ4v) is 3.00. The Morgan fingerprint density at radius 1 is 1.44 bits per heavy atom. The van der Waals surface area contributed by atoms with E-state index < -0.39 is 0 Å². The molecule has 1 heterocycles. The molecule has 0 amide bonds. The van der Waals surface area contributed by atoms with Gasteiger partial charge in [-0.1, -0.05) is 30.0 Å². The van der Waals surface area contributed by atoms with E-state index in [-0.39, 0.29) is 6.04 Å². The van der Waals surface area contributed by atoms with Gasteiger partial charge in [-0.2, -0.15) is 4.37 Å². The number of rotatable bonds is 6. The smallest absolute Gasteiger partial charge is 0.169 e. The van der Waals surface area contributed by atoms with E-state index in [0.717, 1.165) is 21.4 Å². The maximum Gasteiger partial charge on any atom is 0.169 e. The average molecular weight is 281 g/mol. The predicted molar refractivity (Wildman–Crippen MR) is 75.2 cm³/mol. The van der Waals surface area contributed by atoms with Crippen molar-refractivity contribution in [1.82, 2.24) is 9.36 Å². The molecule has 6 heteroatoms. The van der Waals surface area contributed by atoms with Gasteiger partial charge in [0.1, 0.15) is 12.1 Å². The number of benzene rings is 1. The highest BCUT2D eigenvalue weighted by molar-refractivity contribution is 8.00. The third-order valence-corrected chi connectivity index (χ3v) is 4.26. The molecule has 2 aromatic rings. The van der Waals surface area contributed by atoms with Gasteiger partial charge in [0, 0.05) is 17.4 Å². The third-order valence-electron chi connectivity index (χ3n) is 2.35. The summed E-state index contributed by atoms with van der Waals surface area (Å²) < 4.78 is 10.5. The van der Waals surface area contributed by atoms with Crippen LogP contribution in [0.15, 0.2) is 34.9 Å². The molecule has 1 atom stereocenters. The van der Waals surface area contributed by atoms with Crippen molar-refractivity contribution in [2.45, 2.75) is 17.3 Å². The Bertz CT molecular complexity index is 476. The predicted octanol–water partition coefficient (Wildman–Crippen LogP) is 2.73. The van der Waals surface area contributed by atoms with E-state index in [0.29, 0.717) is 6.61 Å². The van der Waals surface area contributed by atoms with Gasteiger partial charge in [-0.25, -0.2) is 4.98 Å². The molecule has 1 aromatic heterocycles. The van der Waals surface area contributed by atoms with E-state index >= 15 is 0 Å². The number of ether oxygens (including phenoxy) is 1. The molecule has 1 unspecified atom stereocenters. The van der Waals surface area contributed by atoms with Crippen molar-refractivity contribution >= 4 is 23.3 Å². The highest BCUT2D eigenvalue weighted by Gasteiger charge is 2.12. The minimum Gasteiger partial charge on any atom is -0.494 e. The summed E-state index contributed by atoms with van der Waals surface area (Å²) in [5.74, 6) is 1.63. The number of aromatic nitrogens is 2. The van der Waals surface area contributed by atoms with Gasteiger partial charge in [0.15, 0.2) is 4.34 Å². The molecule has 0 saturated heterocycles. The Morgan fingerprint density at radius 2 is 2.28 bits per heavy atom. The van der Waals surface area contributed by atoms with Crippen molar-refractivity contribution < 1.29 is 4.74 Å². The highest BCUT2D eigenvalue weighted by atomic mass is 32.2. The summed E-state index contributed by atoms with van der Waals surface area (Å²) >= 11 is 3.01. The maximum atomic E-state index is 6.20. The van der Waals surface area contributed by atoms with Crippen LogP contribution in [0, 0.1) is 0 Å². The van der Waals surface area contributed by atoms with Crippen LogP contribution in [0.2, 0.25) is 0 Å². The van der Waals surface area contributed by atoms with Crippen LogP contribution < -0.4 is 10.5 Å². The van der Waals surface area contributed by atoms with E-state index in [4.69, 9.17) is 10.5 Å². The molecule has 0 aliphatic rings. The Kier molecular flexibility index (Phi) is 4.98.